The molecule has 0 aromatic carbocycles. The first-order valence-electron chi connectivity index (χ1n) is 5.71. The van der Waals surface area contributed by atoms with Gasteiger partial charge in [-0.2, -0.15) is 0 Å². The van der Waals surface area contributed by atoms with Crippen LogP contribution in [0.5, 0.6) is 0 Å². The second-order valence-electron chi connectivity index (χ2n) is 4.14. The smallest absolute Gasteiger partial charge is 0.234 e. The fourth-order valence-electron chi connectivity index (χ4n) is 1.40. The van der Waals surface area contributed by atoms with Crippen LogP contribution in [-0.4, -0.2) is 36.8 Å². The van der Waals surface area contributed by atoms with Crippen LogP contribution in [-0.2, 0) is 4.79 Å². The number of hydrogen-bond acceptors (Lipinski definition) is 3. The van der Waals surface area contributed by atoms with Crippen LogP contribution in [0.4, 0.5) is 0 Å². The molecule has 90 valence electrons. The Kier molecular flexibility index (Phi) is 8.33. The Balaban J connectivity index is 3.54. The predicted octanol–water partition coefficient (Wildman–Crippen LogP) is 0.509. The van der Waals surface area contributed by atoms with E-state index in [4.69, 9.17) is 5.11 Å². The van der Waals surface area contributed by atoms with E-state index in [9.17, 15) is 4.79 Å². The predicted molar refractivity (Wildman–Crippen MR) is 61.6 cm³/mol. The lowest BCUT2D eigenvalue weighted by molar-refractivity contribution is -0.120. The number of nitrogens with one attached hydrogen (secondary N) is 2. The lowest BCUT2D eigenvalue weighted by Gasteiger charge is -2.14. The topological polar surface area (TPSA) is 61.4 Å². The first-order chi connectivity index (χ1) is 7.10. The van der Waals surface area contributed by atoms with Crippen molar-refractivity contribution in [3.63, 3.8) is 0 Å². The first kappa shape index (κ1) is 14.4. The van der Waals surface area contributed by atoms with Crippen LogP contribution in [0.15, 0.2) is 0 Å². The molecule has 0 spiro atoms. The Morgan fingerprint density at radius 3 is 2.53 bits per heavy atom. The molecule has 3 N–H and O–H groups in total. The van der Waals surface area contributed by atoms with Crippen molar-refractivity contribution in [2.45, 2.75) is 39.7 Å². The van der Waals surface area contributed by atoms with Gasteiger partial charge in [-0.15, -0.1) is 0 Å². The summed E-state index contributed by atoms with van der Waals surface area (Å²) in [6.07, 6.45) is 1.83. The van der Waals surface area contributed by atoms with Crippen molar-refractivity contribution >= 4 is 5.91 Å². The summed E-state index contributed by atoms with van der Waals surface area (Å²) < 4.78 is 0. The average Bonchev–Trinajstić information content (AvgIpc) is 2.15. The van der Waals surface area contributed by atoms with E-state index < -0.39 is 0 Å². The highest BCUT2D eigenvalue weighted by atomic mass is 16.3. The average molecular weight is 216 g/mol. The van der Waals surface area contributed by atoms with Gasteiger partial charge in [-0.1, -0.05) is 13.3 Å². The fraction of sp³-hybridized carbons (Fsp3) is 0.909. The molecule has 15 heavy (non-hydrogen) atoms. The molecule has 0 aromatic heterocycles. The molecule has 1 amide bonds. The van der Waals surface area contributed by atoms with Gasteiger partial charge in [0, 0.05) is 12.6 Å². The molecule has 0 rings (SSSR count). The van der Waals surface area contributed by atoms with Crippen molar-refractivity contribution in [3.05, 3.63) is 0 Å². The summed E-state index contributed by atoms with van der Waals surface area (Å²) in [7, 11) is 0. The van der Waals surface area contributed by atoms with E-state index in [0.29, 0.717) is 12.5 Å². The Labute approximate surface area is 92.4 Å². The third-order valence-electron chi connectivity index (χ3n) is 2.28. The summed E-state index contributed by atoms with van der Waals surface area (Å²) in [6, 6.07) is 0.193. The van der Waals surface area contributed by atoms with E-state index in [1.54, 1.807) is 0 Å². The third kappa shape index (κ3) is 8.39. The number of rotatable bonds is 8. The zero-order valence-electron chi connectivity index (χ0n) is 10.0. The van der Waals surface area contributed by atoms with Gasteiger partial charge in [0.1, 0.15) is 0 Å². The molecule has 0 aromatic rings. The summed E-state index contributed by atoms with van der Waals surface area (Å²) in [4.78, 5) is 11.3. The Bertz CT molecular complexity index is 172. The van der Waals surface area contributed by atoms with Gasteiger partial charge in [-0.05, 0) is 32.7 Å². The Hall–Kier alpha value is -0.610. The highest BCUT2D eigenvalue weighted by Gasteiger charge is 2.07. The lowest BCUT2D eigenvalue weighted by Crippen LogP contribution is -2.39. The van der Waals surface area contributed by atoms with E-state index in [0.717, 1.165) is 19.4 Å². The molecule has 1 atom stereocenters. The molecule has 0 radical (unpaired) electrons. The van der Waals surface area contributed by atoms with Gasteiger partial charge in [0.2, 0.25) is 5.91 Å². The van der Waals surface area contributed by atoms with Crippen LogP contribution in [0.3, 0.4) is 0 Å². The Morgan fingerprint density at radius 1 is 1.40 bits per heavy atom. The van der Waals surface area contributed by atoms with Crippen molar-refractivity contribution < 1.29 is 9.90 Å². The van der Waals surface area contributed by atoms with Crippen LogP contribution in [0.1, 0.15) is 33.6 Å². The fourth-order valence-corrected chi connectivity index (χ4v) is 1.40. The highest BCUT2D eigenvalue weighted by Crippen LogP contribution is 2.04. The van der Waals surface area contributed by atoms with Crippen LogP contribution < -0.4 is 10.6 Å². The van der Waals surface area contributed by atoms with Gasteiger partial charge in [0.05, 0.1) is 6.54 Å². The normalized spacial score (nSPS) is 12.9. The molecule has 1 unspecified atom stereocenters. The maximum Gasteiger partial charge on any atom is 0.234 e. The monoisotopic (exact) mass is 216 g/mol. The van der Waals surface area contributed by atoms with E-state index in [1.807, 2.05) is 13.8 Å². The van der Waals surface area contributed by atoms with E-state index in [2.05, 4.69) is 17.6 Å². The molecule has 4 heteroatoms. The first-order valence-corrected chi connectivity index (χ1v) is 5.71. The molecule has 4 nitrogen and oxygen atoms in total. The number of carbonyl (C=O) groups excluding carboxylic acids is 1. The molecule has 0 saturated carbocycles. The van der Waals surface area contributed by atoms with Crippen molar-refractivity contribution in [1.29, 1.82) is 0 Å². The van der Waals surface area contributed by atoms with Crippen LogP contribution >= 0.6 is 0 Å². The molecule has 0 heterocycles. The maximum atomic E-state index is 11.3. The van der Waals surface area contributed by atoms with Crippen LogP contribution in [0, 0.1) is 5.92 Å². The van der Waals surface area contributed by atoms with Crippen LogP contribution in [0.25, 0.3) is 0 Å². The number of aliphatic hydroxyl groups excluding tert-OH is 1. The van der Waals surface area contributed by atoms with E-state index in [1.165, 1.54) is 0 Å². The highest BCUT2D eigenvalue weighted by molar-refractivity contribution is 5.78. The maximum absolute atomic E-state index is 11.3. The van der Waals surface area contributed by atoms with Crippen molar-refractivity contribution in [2.24, 2.45) is 5.92 Å². The zero-order valence-corrected chi connectivity index (χ0v) is 10.0. The molecule has 0 saturated heterocycles. The third-order valence-corrected chi connectivity index (χ3v) is 2.28. The SMILES string of the molecule is CCC(CCO)CNCC(=O)NC(C)C. The van der Waals surface area contributed by atoms with E-state index >= 15 is 0 Å². The second-order valence-corrected chi connectivity index (χ2v) is 4.14. The number of hydrogen-bond donors (Lipinski definition) is 3. The summed E-state index contributed by atoms with van der Waals surface area (Å²) in [5.74, 6) is 0.491. The minimum Gasteiger partial charge on any atom is -0.396 e. The lowest BCUT2D eigenvalue weighted by atomic mass is 10.0. The Morgan fingerprint density at radius 2 is 2.07 bits per heavy atom. The summed E-state index contributed by atoms with van der Waals surface area (Å²) >= 11 is 0. The summed E-state index contributed by atoms with van der Waals surface area (Å²) in [6.45, 7) is 7.36. The number of carbonyl (C=O) groups is 1. The molecule has 0 fully saturated rings. The largest absolute Gasteiger partial charge is 0.396 e. The molecule has 0 aliphatic heterocycles. The zero-order chi connectivity index (χ0) is 11.7. The molecular weight excluding hydrogens is 192 g/mol. The van der Waals surface area contributed by atoms with Gasteiger partial charge in [-0.25, -0.2) is 0 Å². The van der Waals surface area contributed by atoms with Crippen molar-refractivity contribution in [3.8, 4) is 0 Å². The van der Waals surface area contributed by atoms with Crippen molar-refractivity contribution in [1.82, 2.24) is 10.6 Å². The van der Waals surface area contributed by atoms with Gasteiger partial charge < -0.3 is 15.7 Å². The molecule has 0 aliphatic rings. The van der Waals surface area contributed by atoms with Gasteiger partial charge in [-0.3, -0.25) is 4.79 Å². The molecular formula is C11H24N2O2. The minimum absolute atomic E-state index is 0.0313. The molecule has 0 aliphatic carbocycles. The van der Waals surface area contributed by atoms with E-state index in [-0.39, 0.29) is 18.6 Å². The number of amides is 1. The molecule has 0 bridgehead atoms. The van der Waals surface area contributed by atoms with Crippen molar-refractivity contribution in [2.75, 3.05) is 19.7 Å². The summed E-state index contributed by atoms with van der Waals surface area (Å²) in [5, 5.41) is 14.7. The second kappa shape index (κ2) is 8.68. The van der Waals surface area contributed by atoms with Gasteiger partial charge in [0.15, 0.2) is 0 Å². The minimum atomic E-state index is 0.0313. The van der Waals surface area contributed by atoms with Gasteiger partial charge >= 0.3 is 0 Å². The van der Waals surface area contributed by atoms with Gasteiger partial charge in [0.25, 0.3) is 0 Å². The number of aliphatic hydroxyl groups is 1. The quantitative estimate of drug-likeness (QED) is 0.554. The van der Waals surface area contributed by atoms with Crippen LogP contribution in [0.2, 0.25) is 0 Å². The summed E-state index contributed by atoms with van der Waals surface area (Å²) in [5.41, 5.74) is 0. The standard InChI is InChI=1S/C11H24N2O2/c1-4-10(5-6-14)7-12-8-11(15)13-9(2)3/h9-10,12,14H,4-8H2,1-3H3,(H,13,15).